The molecule has 0 atom stereocenters. The minimum absolute atomic E-state index is 0.00981. The lowest BCUT2D eigenvalue weighted by Gasteiger charge is -1.90. The Kier molecular flexibility index (Phi) is 3.54. The number of carbonyl (C=O) groups excluding carboxylic acids is 1. The van der Waals surface area contributed by atoms with Crippen LogP contribution in [0.4, 0.5) is 0 Å². The lowest BCUT2D eigenvalue weighted by molar-refractivity contribution is 0.104. The highest BCUT2D eigenvalue weighted by Gasteiger charge is 2.09. The second-order valence-electron chi connectivity index (χ2n) is 3.70. The van der Waals surface area contributed by atoms with E-state index in [2.05, 4.69) is 5.10 Å². The summed E-state index contributed by atoms with van der Waals surface area (Å²) in [7, 11) is 0. The van der Waals surface area contributed by atoms with Crippen molar-refractivity contribution in [2.24, 2.45) is 0 Å². The van der Waals surface area contributed by atoms with Gasteiger partial charge in [-0.05, 0) is 37.4 Å². The third-order valence-corrected chi connectivity index (χ3v) is 3.32. The van der Waals surface area contributed by atoms with Crippen LogP contribution in [0.15, 0.2) is 29.8 Å². The van der Waals surface area contributed by atoms with E-state index in [4.69, 9.17) is 0 Å². The highest BCUT2D eigenvalue weighted by Crippen LogP contribution is 2.12. The molecule has 2 aromatic rings. The minimum Gasteiger partial charge on any atom is -0.289 e. The van der Waals surface area contributed by atoms with E-state index in [9.17, 15) is 4.79 Å². The molecule has 0 aromatic carbocycles. The molecule has 0 spiro atoms. The maximum atomic E-state index is 12.0. The average Bonchev–Trinajstić information content (AvgIpc) is 2.94. The predicted molar refractivity (Wildman–Crippen MR) is 70.3 cm³/mol. The van der Waals surface area contributed by atoms with Gasteiger partial charge in [0.1, 0.15) is 0 Å². The molecule has 0 fully saturated rings. The molecule has 0 radical (unpaired) electrons. The first kappa shape index (κ1) is 11.8. The molecule has 0 bridgehead atoms. The fourth-order valence-electron chi connectivity index (χ4n) is 1.56. The van der Waals surface area contributed by atoms with Crippen molar-refractivity contribution in [1.29, 1.82) is 0 Å². The molecule has 0 amide bonds. The van der Waals surface area contributed by atoms with Crippen LogP contribution < -0.4 is 0 Å². The Morgan fingerprint density at radius 2 is 2.41 bits per heavy atom. The number of allylic oxidation sites excluding steroid dienone is 1. The van der Waals surface area contributed by atoms with E-state index in [1.807, 2.05) is 37.4 Å². The number of aryl methyl sites for hydroxylation is 2. The molecule has 4 heteroatoms. The van der Waals surface area contributed by atoms with Crippen molar-refractivity contribution in [1.82, 2.24) is 9.78 Å². The van der Waals surface area contributed by atoms with Gasteiger partial charge in [-0.1, -0.05) is 6.07 Å². The topological polar surface area (TPSA) is 34.9 Å². The number of hydrogen-bond donors (Lipinski definition) is 0. The van der Waals surface area contributed by atoms with Crippen molar-refractivity contribution < 1.29 is 4.79 Å². The van der Waals surface area contributed by atoms with Crippen molar-refractivity contribution >= 4 is 23.2 Å². The summed E-state index contributed by atoms with van der Waals surface area (Å²) in [5.74, 6) is 0.00981. The fourth-order valence-corrected chi connectivity index (χ4v) is 2.17. The average molecular weight is 246 g/mol. The molecule has 0 saturated heterocycles. The van der Waals surface area contributed by atoms with Crippen LogP contribution in [0.3, 0.4) is 0 Å². The summed E-state index contributed by atoms with van der Waals surface area (Å²) in [6.07, 6.45) is 5.25. The molecule has 0 aliphatic carbocycles. The summed E-state index contributed by atoms with van der Waals surface area (Å²) >= 11 is 1.61. The van der Waals surface area contributed by atoms with E-state index < -0.39 is 0 Å². The molecule has 88 valence electrons. The van der Waals surface area contributed by atoms with E-state index in [1.54, 1.807) is 28.3 Å². The molecule has 3 nitrogen and oxygen atoms in total. The zero-order valence-electron chi connectivity index (χ0n) is 9.88. The van der Waals surface area contributed by atoms with Gasteiger partial charge < -0.3 is 0 Å². The van der Waals surface area contributed by atoms with Gasteiger partial charge in [-0.3, -0.25) is 9.48 Å². The number of carbonyl (C=O) groups is 1. The smallest absolute Gasteiger partial charge is 0.189 e. The number of rotatable bonds is 4. The molecular weight excluding hydrogens is 232 g/mol. The summed E-state index contributed by atoms with van der Waals surface area (Å²) in [4.78, 5) is 13.0. The second-order valence-corrected chi connectivity index (χ2v) is 4.68. The quantitative estimate of drug-likeness (QED) is 0.613. The molecule has 0 unspecified atom stereocenters. The largest absolute Gasteiger partial charge is 0.289 e. The molecule has 2 heterocycles. The van der Waals surface area contributed by atoms with Gasteiger partial charge in [-0.25, -0.2) is 0 Å². The maximum Gasteiger partial charge on any atom is 0.189 e. The van der Waals surface area contributed by atoms with E-state index in [1.165, 1.54) is 0 Å². The van der Waals surface area contributed by atoms with Gasteiger partial charge >= 0.3 is 0 Å². The van der Waals surface area contributed by atoms with E-state index in [0.717, 1.165) is 17.1 Å². The van der Waals surface area contributed by atoms with Crippen LogP contribution in [0.25, 0.3) is 6.08 Å². The van der Waals surface area contributed by atoms with Gasteiger partial charge in [0, 0.05) is 17.6 Å². The molecular formula is C13H14N2OS. The molecule has 17 heavy (non-hydrogen) atoms. The second kappa shape index (κ2) is 5.10. The minimum atomic E-state index is 0.00981. The molecule has 2 rings (SSSR count). The van der Waals surface area contributed by atoms with Crippen molar-refractivity contribution in [3.05, 3.63) is 45.9 Å². The Labute approximate surface area is 104 Å². The molecule has 0 aliphatic heterocycles. The van der Waals surface area contributed by atoms with Gasteiger partial charge in [0.25, 0.3) is 0 Å². The number of hydrogen-bond acceptors (Lipinski definition) is 3. The van der Waals surface area contributed by atoms with E-state index >= 15 is 0 Å². The Hall–Kier alpha value is -1.68. The van der Waals surface area contributed by atoms with Crippen LogP contribution in [0.1, 0.15) is 27.9 Å². The van der Waals surface area contributed by atoms with E-state index in [-0.39, 0.29) is 5.78 Å². The zero-order valence-corrected chi connectivity index (χ0v) is 10.7. The van der Waals surface area contributed by atoms with Gasteiger partial charge in [-0.2, -0.15) is 5.10 Å². The van der Waals surface area contributed by atoms with Crippen LogP contribution in [-0.4, -0.2) is 15.6 Å². The number of ketones is 1. The Bertz CT molecular complexity index is 538. The monoisotopic (exact) mass is 246 g/mol. The Morgan fingerprint density at radius 1 is 1.59 bits per heavy atom. The van der Waals surface area contributed by atoms with Crippen LogP contribution in [0, 0.1) is 6.92 Å². The van der Waals surface area contributed by atoms with Crippen molar-refractivity contribution in [2.75, 3.05) is 0 Å². The van der Waals surface area contributed by atoms with Crippen LogP contribution in [-0.2, 0) is 6.54 Å². The first-order valence-corrected chi connectivity index (χ1v) is 6.38. The van der Waals surface area contributed by atoms with Crippen molar-refractivity contribution in [3.63, 3.8) is 0 Å². The SMILES string of the molecule is CCn1cc(C(=O)/C=C/c2cccs2)c(C)n1. The van der Waals surface area contributed by atoms with Crippen molar-refractivity contribution in [2.45, 2.75) is 20.4 Å². The summed E-state index contributed by atoms with van der Waals surface area (Å²) < 4.78 is 1.78. The van der Waals surface area contributed by atoms with Crippen molar-refractivity contribution in [3.8, 4) is 0 Å². The predicted octanol–water partition coefficient (Wildman–Crippen LogP) is 3.17. The normalized spacial score (nSPS) is 11.2. The van der Waals surface area contributed by atoms with Crippen LogP contribution >= 0.6 is 11.3 Å². The van der Waals surface area contributed by atoms with Crippen LogP contribution in [0.5, 0.6) is 0 Å². The maximum absolute atomic E-state index is 12.0. The number of aromatic nitrogens is 2. The summed E-state index contributed by atoms with van der Waals surface area (Å²) in [5.41, 5.74) is 1.47. The van der Waals surface area contributed by atoms with Gasteiger partial charge in [0.15, 0.2) is 5.78 Å². The fraction of sp³-hybridized carbons (Fsp3) is 0.231. The first-order valence-electron chi connectivity index (χ1n) is 5.50. The van der Waals surface area contributed by atoms with Crippen LogP contribution in [0.2, 0.25) is 0 Å². The van der Waals surface area contributed by atoms with E-state index in [0.29, 0.717) is 5.56 Å². The van der Waals surface area contributed by atoms with Gasteiger partial charge in [-0.15, -0.1) is 11.3 Å². The summed E-state index contributed by atoms with van der Waals surface area (Å²) in [5, 5.41) is 6.25. The summed E-state index contributed by atoms with van der Waals surface area (Å²) in [6.45, 7) is 4.64. The summed E-state index contributed by atoms with van der Waals surface area (Å²) in [6, 6.07) is 3.95. The molecule has 2 aromatic heterocycles. The first-order chi connectivity index (χ1) is 8.20. The highest BCUT2D eigenvalue weighted by atomic mass is 32.1. The van der Waals surface area contributed by atoms with Gasteiger partial charge in [0.2, 0.25) is 0 Å². The third kappa shape index (κ3) is 2.71. The number of nitrogens with zero attached hydrogens (tertiary/aromatic N) is 2. The number of thiophene rings is 1. The Balaban J connectivity index is 2.17. The molecule has 0 N–H and O–H groups in total. The lowest BCUT2D eigenvalue weighted by Crippen LogP contribution is -1.94. The zero-order chi connectivity index (χ0) is 12.3. The Morgan fingerprint density at radius 3 is 3.00 bits per heavy atom. The molecule has 0 aliphatic rings. The van der Waals surface area contributed by atoms with Gasteiger partial charge in [0.05, 0.1) is 11.3 Å². The molecule has 0 saturated carbocycles. The standard InChI is InChI=1S/C13H14N2OS/c1-3-15-9-12(10(2)14-15)13(16)7-6-11-5-4-8-17-11/h4-9H,3H2,1-2H3/b7-6+. The third-order valence-electron chi connectivity index (χ3n) is 2.48. The lowest BCUT2D eigenvalue weighted by atomic mass is 10.1. The highest BCUT2D eigenvalue weighted by molar-refractivity contribution is 7.10.